The number of nitrogens with zero attached hydrogens (tertiary/aromatic N) is 1. The Kier molecular flexibility index (Phi) is 4.69. The highest BCUT2D eigenvalue weighted by Crippen LogP contribution is 2.05. The predicted octanol–water partition coefficient (Wildman–Crippen LogP) is 1.92. The van der Waals surface area contributed by atoms with E-state index in [1.165, 1.54) is 0 Å². The summed E-state index contributed by atoms with van der Waals surface area (Å²) in [6, 6.07) is 0.956. The molecule has 11 heavy (non-hydrogen) atoms. The Morgan fingerprint density at radius 3 is 1.45 bits per heavy atom. The summed E-state index contributed by atoms with van der Waals surface area (Å²) in [5, 5.41) is 10.9. The van der Waals surface area contributed by atoms with Crippen molar-refractivity contribution in [3.8, 4) is 0 Å². The Balaban J connectivity index is 3.90. The van der Waals surface area contributed by atoms with E-state index in [0.717, 1.165) is 0 Å². The molecule has 0 saturated carbocycles. The summed E-state index contributed by atoms with van der Waals surface area (Å²) in [7, 11) is 0. The van der Waals surface area contributed by atoms with Crippen LogP contribution in [0.4, 0.5) is 0 Å². The van der Waals surface area contributed by atoms with E-state index in [2.05, 4.69) is 32.6 Å². The average Bonchev–Trinajstić information content (AvgIpc) is 1.81. The molecule has 0 aliphatic rings. The molecule has 1 radical (unpaired) electrons. The highest BCUT2D eigenvalue weighted by molar-refractivity contribution is 4.68. The first kappa shape index (κ1) is 10.9. The second-order valence-electron chi connectivity index (χ2n) is 3.69. The van der Waals surface area contributed by atoms with Crippen LogP contribution in [0.25, 0.3) is 0 Å². The Hall–Kier alpha value is -0.0800. The van der Waals surface area contributed by atoms with E-state index in [4.69, 9.17) is 0 Å². The molecule has 0 aromatic carbocycles. The van der Waals surface area contributed by atoms with E-state index in [1.807, 2.05) is 0 Å². The van der Waals surface area contributed by atoms with Crippen molar-refractivity contribution in [1.29, 1.82) is 0 Å². The van der Waals surface area contributed by atoms with Crippen molar-refractivity contribution < 1.29 is 5.11 Å². The molecule has 0 spiro atoms. The van der Waals surface area contributed by atoms with Gasteiger partial charge in [0.1, 0.15) is 6.10 Å². The number of hydrogen-bond donors (Lipinski definition) is 0. The van der Waals surface area contributed by atoms with Gasteiger partial charge in [0, 0.05) is 18.6 Å². The van der Waals surface area contributed by atoms with Crippen LogP contribution in [0, 0.1) is 0 Å². The fourth-order valence-corrected chi connectivity index (χ4v) is 1.31. The zero-order valence-electron chi connectivity index (χ0n) is 8.29. The van der Waals surface area contributed by atoms with E-state index in [0.29, 0.717) is 18.6 Å². The Labute approximate surface area is 70.2 Å². The molecule has 0 saturated heterocycles. The van der Waals surface area contributed by atoms with Crippen LogP contribution in [0.2, 0.25) is 0 Å². The average molecular weight is 158 g/mol. The molecule has 0 aliphatic heterocycles. The third-order valence-electron chi connectivity index (χ3n) is 1.79. The van der Waals surface area contributed by atoms with Crippen molar-refractivity contribution in [2.75, 3.05) is 6.54 Å². The molecule has 0 N–H and O–H groups in total. The molecule has 0 heterocycles. The summed E-state index contributed by atoms with van der Waals surface area (Å²) >= 11 is 0. The molecule has 1 atom stereocenters. The molecular weight excluding hydrogens is 138 g/mol. The molecule has 1 unspecified atom stereocenters. The van der Waals surface area contributed by atoms with Crippen LogP contribution in [0.3, 0.4) is 0 Å². The Bertz CT molecular complexity index is 91.7. The topological polar surface area (TPSA) is 23.1 Å². The third-order valence-corrected chi connectivity index (χ3v) is 1.79. The van der Waals surface area contributed by atoms with Crippen molar-refractivity contribution in [2.24, 2.45) is 0 Å². The molecule has 0 fully saturated rings. The second-order valence-corrected chi connectivity index (χ2v) is 3.69. The van der Waals surface area contributed by atoms with Crippen molar-refractivity contribution in [1.82, 2.24) is 4.90 Å². The standard InChI is InChI=1S/C9H20NO/c1-7(2)10(8(3)4)6-9(5)11/h7-9H,6H2,1-5H3. The summed E-state index contributed by atoms with van der Waals surface area (Å²) in [4.78, 5) is 2.22. The molecule has 0 amide bonds. The summed E-state index contributed by atoms with van der Waals surface area (Å²) in [5.41, 5.74) is 0. The summed E-state index contributed by atoms with van der Waals surface area (Å²) in [5.74, 6) is 0. The smallest absolute Gasteiger partial charge is 0.103 e. The summed E-state index contributed by atoms with van der Waals surface area (Å²) < 4.78 is 0. The molecule has 67 valence electrons. The molecule has 0 bridgehead atoms. The first-order valence-electron chi connectivity index (χ1n) is 4.36. The molecule has 0 aromatic rings. The maximum atomic E-state index is 10.9. The lowest BCUT2D eigenvalue weighted by Gasteiger charge is -2.30. The first-order chi connectivity index (χ1) is 4.95. The van der Waals surface area contributed by atoms with Gasteiger partial charge in [-0.15, -0.1) is 0 Å². The van der Waals surface area contributed by atoms with Gasteiger partial charge in [-0.05, 0) is 34.6 Å². The molecule has 2 heteroatoms. The van der Waals surface area contributed by atoms with Crippen LogP contribution >= 0.6 is 0 Å². The van der Waals surface area contributed by atoms with Gasteiger partial charge in [0.2, 0.25) is 0 Å². The van der Waals surface area contributed by atoms with Crippen LogP contribution in [0.15, 0.2) is 0 Å². The van der Waals surface area contributed by atoms with Gasteiger partial charge in [0.15, 0.2) is 0 Å². The molecule has 0 aromatic heterocycles. The quantitative estimate of drug-likeness (QED) is 0.613. The minimum absolute atomic E-state index is 0.472. The van der Waals surface area contributed by atoms with Gasteiger partial charge in [-0.25, -0.2) is 5.11 Å². The van der Waals surface area contributed by atoms with Crippen LogP contribution in [-0.4, -0.2) is 29.6 Å². The van der Waals surface area contributed by atoms with Gasteiger partial charge >= 0.3 is 0 Å². The van der Waals surface area contributed by atoms with Gasteiger partial charge < -0.3 is 0 Å². The fraction of sp³-hybridized carbons (Fsp3) is 1.00. The maximum Gasteiger partial charge on any atom is 0.103 e. The second kappa shape index (κ2) is 4.73. The van der Waals surface area contributed by atoms with Crippen molar-refractivity contribution >= 4 is 0 Å². The van der Waals surface area contributed by atoms with Crippen molar-refractivity contribution in [3.63, 3.8) is 0 Å². The molecule has 0 aliphatic carbocycles. The first-order valence-corrected chi connectivity index (χ1v) is 4.36. The lowest BCUT2D eigenvalue weighted by atomic mass is 10.2. The third kappa shape index (κ3) is 4.38. The maximum absolute atomic E-state index is 10.9. The van der Waals surface area contributed by atoms with Crippen molar-refractivity contribution in [2.45, 2.75) is 52.8 Å². The van der Waals surface area contributed by atoms with E-state index < -0.39 is 6.10 Å². The van der Waals surface area contributed by atoms with Crippen LogP contribution in [-0.2, 0) is 5.11 Å². The van der Waals surface area contributed by atoms with Gasteiger partial charge in [-0.2, -0.15) is 0 Å². The zero-order chi connectivity index (χ0) is 9.02. The fourth-order valence-electron chi connectivity index (χ4n) is 1.31. The zero-order valence-corrected chi connectivity index (χ0v) is 8.29. The number of hydrogen-bond acceptors (Lipinski definition) is 1. The molecule has 0 rings (SSSR count). The highest BCUT2D eigenvalue weighted by Gasteiger charge is 2.15. The summed E-state index contributed by atoms with van der Waals surface area (Å²) in [6.45, 7) is 10.9. The van der Waals surface area contributed by atoms with Crippen LogP contribution in [0.1, 0.15) is 34.6 Å². The van der Waals surface area contributed by atoms with Crippen molar-refractivity contribution in [3.05, 3.63) is 0 Å². The number of rotatable bonds is 4. The predicted molar refractivity (Wildman–Crippen MR) is 47.1 cm³/mol. The minimum Gasteiger partial charge on any atom is -0.296 e. The lowest BCUT2D eigenvalue weighted by molar-refractivity contribution is 0.0406. The van der Waals surface area contributed by atoms with E-state index >= 15 is 0 Å². The lowest BCUT2D eigenvalue weighted by Crippen LogP contribution is -2.41. The monoisotopic (exact) mass is 158 g/mol. The SMILES string of the molecule is CC([O])CN(C(C)C)C(C)C. The Morgan fingerprint density at radius 1 is 1.00 bits per heavy atom. The van der Waals surface area contributed by atoms with Gasteiger partial charge in [0.05, 0.1) is 0 Å². The van der Waals surface area contributed by atoms with Crippen LogP contribution < -0.4 is 0 Å². The Morgan fingerprint density at radius 2 is 1.36 bits per heavy atom. The van der Waals surface area contributed by atoms with E-state index in [-0.39, 0.29) is 0 Å². The highest BCUT2D eigenvalue weighted by atomic mass is 16.3. The van der Waals surface area contributed by atoms with Gasteiger partial charge in [-0.1, -0.05) is 0 Å². The van der Waals surface area contributed by atoms with Crippen LogP contribution in [0.5, 0.6) is 0 Å². The van der Waals surface area contributed by atoms with E-state index in [9.17, 15) is 5.11 Å². The minimum atomic E-state index is -0.472. The van der Waals surface area contributed by atoms with E-state index in [1.54, 1.807) is 6.92 Å². The largest absolute Gasteiger partial charge is 0.296 e. The molecule has 2 nitrogen and oxygen atoms in total. The van der Waals surface area contributed by atoms with Gasteiger partial charge in [0.25, 0.3) is 0 Å². The molecular formula is C9H20NO. The normalized spacial score (nSPS) is 15.0. The van der Waals surface area contributed by atoms with Gasteiger partial charge in [-0.3, -0.25) is 4.90 Å². The summed E-state index contributed by atoms with van der Waals surface area (Å²) in [6.07, 6.45) is -0.472.